The Balaban J connectivity index is 1.95. The standard InChI is InChI=1S/C33H30Cl2F3N7O2/c1-7-21(46)44-16(5)12-43(13-17(44)6)31-18-10-20(34)29(22-24(36)26(38)25(37)23(35)27(22)40)42-32(18)45(33(47)19(31)11-39)30-15(4)8-9-41-28(30)14(2)3/h7-10,14,16-17H,1,12-13,40H2,2-6H3/t16-,17+. The summed E-state index contributed by atoms with van der Waals surface area (Å²) in [5.74, 6) is -5.69. The van der Waals surface area contributed by atoms with E-state index in [-0.39, 0.29) is 64.3 Å². The fourth-order valence-electron chi connectivity index (χ4n) is 6.29. The van der Waals surface area contributed by atoms with Crippen molar-refractivity contribution in [3.8, 4) is 23.0 Å². The van der Waals surface area contributed by atoms with Crippen LogP contribution in [0.2, 0.25) is 10.0 Å². The largest absolute Gasteiger partial charge is 0.397 e. The quantitative estimate of drug-likeness (QED) is 0.108. The molecule has 1 amide bonds. The highest BCUT2D eigenvalue weighted by Crippen LogP contribution is 2.43. The maximum absolute atomic E-state index is 15.4. The van der Waals surface area contributed by atoms with Crippen molar-refractivity contribution in [1.29, 1.82) is 5.26 Å². The van der Waals surface area contributed by atoms with Crippen LogP contribution in [0.3, 0.4) is 0 Å². The Morgan fingerprint density at radius 1 is 1.15 bits per heavy atom. The van der Waals surface area contributed by atoms with E-state index in [1.807, 2.05) is 27.7 Å². The molecule has 1 saturated heterocycles. The molecule has 1 aromatic carbocycles. The molecule has 1 aliphatic heterocycles. The number of carbonyl (C=O) groups excluding carboxylic acids is 1. The molecular formula is C33H30Cl2F3N7O2. The Kier molecular flexibility index (Phi) is 9.01. The molecule has 0 saturated carbocycles. The second-order valence-corrected chi connectivity index (χ2v) is 12.6. The molecule has 4 heterocycles. The number of amides is 1. The second-order valence-electron chi connectivity index (χ2n) is 11.8. The van der Waals surface area contributed by atoms with E-state index in [1.165, 1.54) is 16.7 Å². The Bertz CT molecular complexity index is 2050. The monoisotopic (exact) mass is 683 g/mol. The minimum atomic E-state index is -1.88. The number of pyridine rings is 3. The number of carbonyl (C=O) groups is 1. The molecular weight excluding hydrogens is 654 g/mol. The van der Waals surface area contributed by atoms with Crippen LogP contribution >= 0.6 is 23.2 Å². The summed E-state index contributed by atoms with van der Waals surface area (Å²) in [6.07, 6.45) is 2.81. The lowest BCUT2D eigenvalue weighted by Crippen LogP contribution is -2.58. The van der Waals surface area contributed by atoms with Gasteiger partial charge in [-0.3, -0.25) is 19.1 Å². The number of rotatable bonds is 5. The number of aryl methyl sites for hydroxylation is 1. The van der Waals surface area contributed by atoms with Crippen LogP contribution in [0, 0.1) is 35.7 Å². The van der Waals surface area contributed by atoms with Gasteiger partial charge in [0.25, 0.3) is 5.56 Å². The SMILES string of the molecule is C=CC(=O)N1[C@H](C)CN(c2c(C#N)c(=O)n(-c3c(C)ccnc3C(C)C)c3nc(-c4c(N)c(Cl)c(F)c(F)c4F)c(Cl)cc23)C[C@@H]1C. The van der Waals surface area contributed by atoms with Crippen molar-refractivity contribution in [2.45, 2.75) is 52.6 Å². The number of fused-ring (bicyclic) bond motifs is 1. The molecule has 1 aliphatic rings. The summed E-state index contributed by atoms with van der Waals surface area (Å²) in [6.45, 7) is 13.2. The van der Waals surface area contributed by atoms with Crippen LogP contribution in [0.25, 0.3) is 28.0 Å². The van der Waals surface area contributed by atoms with Gasteiger partial charge in [-0.15, -0.1) is 0 Å². The molecule has 0 spiro atoms. The lowest BCUT2D eigenvalue weighted by Gasteiger charge is -2.45. The molecule has 9 nitrogen and oxygen atoms in total. The van der Waals surface area contributed by atoms with Gasteiger partial charge in [-0.1, -0.05) is 43.6 Å². The molecule has 0 bridgehead atoms. The molecule has 47 heavy (non-hydrogen) atoms. The van der Waals surface area contributed by atoms with Crippen LogP contribution in [0.4, 0.5) is 24.5 Å². The number of nitrogens with zero attached hydrogens (tertiary/aromatic N) is 6. The third-order valence-electron chi connectivity index (χ3n) is 8.32. The van der Waals surface area contributed by atoms with Gasteiger partial charge in [0, 0.05) is 36.8 Å². The van der Waals surface area contributed by atoms with E-state index in [1.54, 1.807) is 29.0 Å². The summed E-state index contributed by atoms with van der Waals surface area (Å²) in [5, 5.41) is 9.60. The maximum atomic E-state index is 15.4. The summed E-state index contributed by atoms with van der Waals surface area (Å²) in [6, 6.07) is 4.40. The van der Waals surface area contributed by atoms with Gasteiger partial charge in [0.1, 0.15) is 22.3 Å². The maximum Gasteiger partial charge on any atom is 0.276 e. The van der Waals surface area contributed by atoms with Crippen LogP contribution in [0.1, 0.15) is 50.4 Å². The van der Waals surface area contributed by atoms with Gasteiger partial charge < -0.3 is 15.5 Å². The smallest absolute Gasteiger partial charge is 0.276 e. The van der Waals surface area contributed by atoms with Crippen molar-refractivity contribution in [3.63, 3.8) is 0 Å². The molecule has 0 radical (unpaired) electrons. The van der Waals surface area contributed by atoms with E-state index < -0.39 is 45.0 Å². The van der Waals surface area contributed by atoms with Crippen LogP contribution < -0.4 is 16.2 Å². The van der Waals surface area contributed by atoms with Gasteiger partial charge in [-0.2, -0.15) is 5.26 Å². The average molecular weight is 685 g/mol. The zero-order chi connectivity index (χ0) is 34.6. The fraction of sp³-hybridized carbons (Fsp3) is 0.303. The summed E-state index contributed by atoms with van der Waals surface area (Å²) in [7, 11) is 0. The number of nitriles is 1. The number of nitrogens with two attached hydrogens (primary N) is 1. The first-order valence-corrected chi connectivity index (χ1v) is 15.4. The lowest BCUT2D eigenvalue weighted by atomic mass is 10.0. The Hall–Kier alpha value is -4.60. The first kappa shape index (κ1) is 33.8. The first-order valence-electron chi connectivity index (χ1n) is 14.6. The van der Waals surface area contributed by atoms with E-state index in [0.717, 1.165) is 0 Å². The molecule has 5 rings (SSSR count). The third-order valence-corrected chi connectivity index (χ3v) is 8.98. The highest BCUT2D eigenvalue weighted by Gasteiger charge is 2.36. The van der Waals surface area contributed by atoms with Crippen molar-refractivity contribution in [2.24, 2.45) is 0 Å². The number of nitrogen functional groups attached to an aromatic ring is 1. The van der Waals surface area contributed by atoms with Gasteiger partial charge in [0.2, 0.25) is 5.91 Å². The van der Waals surface area contributed by atoms with Crippen LogP contribution in [-0.4, -0.2) is 50.5 Å². The third kappa shape index (κ3) is 5.37. The van der Waals surface area contributed by atoms with Gasteiger partial charge in [0.05, 0.1) is 39.0 Å². The summed E-state index contributed by atoms with van der Waals surface area (Å²) in [4.78, 5) is 39.7. The van der Waals surface area contributed by atoms with Crippen LogP contribution in [-0.2, 0) is 4.79 Å². The fourth-order valence-corrected chi connectivity index (χ4v) is 6.71. The van der Waals surface area contributed by atoms with Crippen molar-refractivity contribution in [1.82, 2.24) is 19.4 Å². The normalized spacial score (nSPS) is 16.6. The Morgan fingerprint density at radius 3 is 2.36 bits per heavy atom. The summed E-state index contributed by atoms with van der Waals surface area (Å²) in [5.41, 5.74) is 4.82. The second kappa shape index (κ2) is 12.5. The molecule has 2 atom stereocenters. The van der Waals surface area contributed by atoms with E-state index in [2.05, 4.69) is 22.6 Å². The van der Waals surface area contributed by atoms with Crippen molar-refractivity contribution in [3.05, 3.63) is 85.7 Å². The Labute approximate surface area is 278 Å². The van der Waals surface area contributed by atoms with Gasteiger partial charge in [-0.05, 0) is 50.5 Å². The molecule has 3 aromatic heterocycles. The minimum Gasteiger partial charge on any atom is -0.397 e. The van der Waals surface area contributed by atoms with Crippen LogP contribution in [0.15, 0.2) is 35.8 Å². The minimum absolute atomic E-state index is 0.0778. The van der Waals surface area contributed by atoms with E-state index >= 15 is 4.39 Å². The van der Waals surface area contributed by atoms with Crippen molar-refractivity contribution < 1.29 is 18.0 Å². The molecule has 4 aromatic rings. The number of aromatic nitrogens is 3. The topological polar surface area (TPSA) is 121 Å². The molecule has 14 heteroatoms. The number of benzene rings is 1. The number of piperazine rings is 1. The highest BCUT2D eigenvalue weighted by atomic mass is 35.5. The average Bonchev–Trinajstić information content (AvgIpc) is 3.02. The molecule has 0 unspecified atom stereocenters. The van der Waals surface area contributed by atoms with E-state index in [9.17, 15) is 23.6 Å². The van der Waals surface area contributed by atoms with Gasteiger partial charge in [0.15, 0.2) is 17.5 Å². The van der Waals surface area contributed by atoms with Crippen molar-refractivity contribution >= 4 is 51.5 Å². The van der Waals surface area contributed by atoms with Crippen molar-refractivity contribution in [2.75, 3.05) is 23.7 Å². The zero-order valence-corrected chi connectivity index (χ0v) is 27.6. The highest BCUT2D eigenvalue weighted by molar-refractivity contribution is 6.36. The molecule has 1 fully saturated rings. The predicted molar refractivity (Wildman–Crippen MR) is 177 cm³/mol. The van der Waals surface area contributed by atoms with Gasteiger partial charge in [-0.25, -0.2) is 18.2 Å². The van der Waals surface area contributed by atoms with E-state index in [4.69, 9.17) is 28.9 Å². The van der Waals surface area contributed by atoms with Crippen LogP contribution in [0.5, 0.6) is 0 Å². The number of anilines is 2. The summed E-state index contributed by atoms with van der Waals surface area (Å²) < 4.78 is 45.6. The molecule has 0 aliphatic carbocycles. The number of hydrogen-bond donors (Lipinski definition) is 1. The molecule has 244 valence electrons. The lowest BCUT2D eigenvalue weighted by molar-refractivity contribution is -0.130. The predicted octanol–water partition coefficient (Wildman–Crippen LogP) is 6.67. The number of halogens is 5. The van der Waals surface area contributed by atoms with Gasteiger partial charge >= 0.3 is 0 Å². The summed E-state index contributed by atoms with van der Waals surface area (Å²) >= 11 is 12.6. The molecule has 2 N–H and O–H groups in total. The number of hydrogen-bond acceptors (Lipinski definition) is 7. The zero-order valence-electron chi connectivity index (χ0n) is 26.1. The van der Waals surface area contributed by atoms with E-state index in [0.29, 0.717) is 16.9 Å². The Morgan fingerprint density at radius 2 is 1.79 bits per heavy atom. The first-order chi connectivity index (χ1) is 22.2.